The van der Waals surface area contributed by atoms with E-state index < -0.39 is 0 Å². The van der Waals surface area contributed by atoms with Gasteiger partial charge in [0.1, 0.15) is 0 Å². The summed E-state index contributed by atoms with van der Waals surface area (Å²) in [7, 11) is 1.84. The van der Waals surface area contributed by atoms with E-state index in [1.165, 1.54) is 0 Å². The van der Waals surface area contributed by atoms with Crippen molar-refractivity contribution in [3.05, 3.63) is 53.9 Å². The largest absolute Gasteiger partial charge is 0.374 e. The Balaban J connectivity index is 1.40. The first-order valence-electron chi connectivity index (χ1n) is 9.32. The molecule has 2 saturated heterocycles. The minimum atomic E-state index is -0.00810. The fourth-order valence-corrected chi connectivity index (χ4v) is 3.87. The maximum atomic E-state index is 12.8. The monoisotopic (exact) mass is 368 g/mol. The van der Waals surface area contributed by atoms with Crippen LogP contribution >= 0.6 is 0 Å². The number of ether oxygens (including phenoxy) is 1. The average molecular weight is 368 g/mol. The summed E-state index contributed by atoms with van der Waals surface area (Å²) in [5, 5.41) is 4.28. The van der Waals surface area contributed by atoms with Gasteiger partial charge in [0.25, 0.3) is 5.91 Å². The van der Waals surface area contributed by atoms with Crippen LogP contribution in [0.1, 0.15) is 16.1 Å². The molecule has 3 heterocycles. The third-order valence-corrected chi connectivity index (χ3v) is 5.29. The van der Waals surface area contributed by atoms with Crippen molar-refractivity contribution in [2.45, 2.75) is 12.5 Å². The number of nitrogens with zero attached hydrogens (tertiary/aromatic N) is 4. The van der Waals surface area contributed by atoms with Crippen molar-refractivity contribution in [2.75, 3.05) is 32.8 Å². The highest BCUT2D eigenvalue weighted by Gasteiger charge is 2.39. The van der Waals surface area contributed by atoms with E-state index >= 15 is 0 Å². The normalized spacial score (nSPS) is 22.4. The lowest BCUT2D eigenvalue weighted by Crippen LogP contribution is -2.38. The molecule has 1 aromatic carbocycles. The molecule has 0 unspecified atom stereocenters. The van der Waals surface area contributed by atoms with E-state index in [4.69, 9.17) is 4.74 Å². The highest BCUT2D eigenvalue weighted by atomic mass is 16.5. The molecule has 7 heteroatoms. The zero-order valence-electron chi connectivity index (χ0n) is 15.5. The topological polar surface area (TPSA) is 67.7 Å². The second-order valence-electron chi connectivity index (χ2n) is 7.24. The van der Waals surface area contributed by atoms with Gasteiger partial charge in [0.05, 0.1) is 24.8 Å². The summed E-state index contributed by atoms with van der Waals surface area (Å²) < 4.78 is 7.67. The number of hydrogen-bond donors (Lipinski definition) is 0. The molecule has 142 valence electrons. The lowest BCUT2D eigenvalue weighted by molar-refractivity contribution is -0.130. The SMILES string of the molecule is Cn1ccc(CC(=O)N2C[C@@H]3CN(C(=O)c4ccccc4)CCO[C@@H]3C2)n1. The quantitative estimate of drug-likeness (QED) is 0.809. The molecule has 1 aromatic heterocycles. The zero-order valence-corrected chi connectivity index (χ0v) is 15.5. The minimum absolute atomic E-state index is 0.00810. The Morgan fingerprint density at radius 1 is 1.11 bits per heavy atom. The van der Waals surface area contributed by atoms with E-state index in [2.05, 4.69) is 5.10 Å². The van der Waals surface area contributed by atoms with Crippen molar-refractivity contribution in [2.24, 2.45) is 13.0 Å². The Labute approximate surface area is 158 Å². The standard InChI is InChI=1S/C20H24N4O3/c1-22-8-7-17(21-22)11-19(25)24-13-16-12-23(9-10-27-18(16)14-24)20(26)15-5-3-2-4-6-15/h2-8,16,18H,9-14H2,1H3/t16-,18+/m0/s1. The first-order valence-corrected chi connectivity index (χ1v) is 9.32. The summed E-state index contributed by atoms with van der Waals surface area (Å²) in [6.45, 7) is 2.91. The highest BCUT2D eigenvalue weighted by molar-refractivity contribution is 5.94. The van der Waals surface area contributed by atoms with Gasteiger partial charge in [0.2, 0.25) is 5.91 Å². The first-order chi connectivity index (χ1) is 13.1. The van der Waals surface area contributed by atoms with Gasteiger partial charge in [0, 0.05) is 50.9 Å². The number of likely N-dealkylation sites (tertiary alicyclic amines) is 1. The second kappa shape index (κ2) is 7.52. The van der Waals surface area contributed by atoms with Crippen LogP contribution in [-0.2, 0) is 23.0 Å². The molecule has 2 aromatic rings. The number of benzene rings is 1. The van der Waals surface area contributed by atoms with E-state index in [1.807, 2.05) is 59.4 Å². The van der Waals surface area contributed by atoms with Crippen LogP contribution in [0.2, 0.25) is 0 Å². The maximum Gasteiger partial charge on any atom is 0.253 e. The Bertz CT molecular complexity index is 820. The van der Waals surface area contributed by atoms with Gasteiger partial charge >= 0.3 is 0 Å². The smallest absolute Gasteiger partial charge is 0.253 e. The molecule has 2 aliphatic rings. The zero-order chi connectivity index (χ0) is 18.8. The molecule has 7 nitrogen and oxygen atoms in total. The van der Waals surface area contributed by atoms with Crippen molar-refractivity contribution in [3.8, 4) is 0 Å². The molecule has 4 rings (SSSR count). The van der Waals surface area contributed by atoms with Crippen LogP contribution in [0.4, 0.5) is 0 Å². The van der Waals surface area contributed by atoms with E-state index in [0.29, 0.717) is 44.8 Å². The van der Waals surface area contributed by atoms with E-state index in [0.717, 1.165) is 5.69 Å². The van der Waals surface area contributed by atoms with Gasteiger partial charge < -0.3 is 14.5 Å². The van der Waals surface area contributed by atoms with Crippen LogP contribution in [0.3, 0.4) is 0 Å². The molecule has 0 N–H and O–H groups in total. The Morgan fingerprint density at radius 3 is 2.63 bits per heavy atom. The summed E-state index contributed by atoms with van der Waals surface area (Å²) in [6.07, 6.45) is 2.13. The van der Waals surface area contributed by atoms with Crippen molar-refractivity contribution >= 4 is 11.8 Å². The average Bonchev–Trinajstić information content (AvgIpc) is 3.22. The summed E-state index contributed by atoms with van der Waals surface area (Å²) in [6, 6.07) is 11.2. The fourth-order valence-electron chi connectivity index (χ4n) is 3.87. The van der Waals surface area contributed by atoms with E-state index in [-0.39, 0.29) is 23.8 Å². The number of hydrogen-bond acceptors (Lipinski definition) is 4. The molecule has 2 amide bonds. The van der Waals surface area contributed by atoms with Gasteiger partial charge in [-0.15, -0.1) is 0 Å². The molecule has 0 radical (unpaired) electrons. The van der Waals surface area contributed by atoms with Crippen LogP contribution < -0.4 is 0 Å². The highest BCUT2D eigenvalue weighted by Crippen LogP contribution is 2.25. The molecule has 0 aliphatic carbocycles. The molecule has 2 aliphatic heterocycles. The Hall–Kier alpha value is -2.67. The number of amides is 2. The minimum Gasteiger partial charge on any atom is -0.374 e. The lowest BCUT2D eigenvalue weighted by Gasteiger charge is -2.23. The van der Waals surface area contributed by atoms with Crippen molar-refractivity contribution < 1.29 is 14.3 Å². The fraction of sp³-hybridized carbons (Fsp3) is 0.450. The molecule has 2 fully saturated rings. The molecule has 27 heavy (non-hydrogen) atoms. The second-order valence-corrected chi connectivity index (χ2v) is 7.24. The number of rotatable bonds is 3. The summed E-state index contributed by atoms with van der Waals surface area (Å²) in [4.78, 5) is 29.1. The van der Waals surface area contributed by atoms with Gasteiger partial charge in [0.15, 0.2) is 0 Å². The van der Waals surface area contributed by atoms with Gasteiger partial charge in [-0.05, 0) is 18.2 Å². The number of carbonyl (C=O) groups is 2. The maximum absolute atomic E-state index is 12.8. The predicted molar refractivity (Wildman–Crippen MR) is 99.1 cm³/mol. The van der Waals surface area contributed by atoms with Gasteiger partial charge in [-0.3, -0.25) is 14.3 Å². The van der Waals surface area contributed by atoms with Crippen molar-refractivity contribution in [3.63, 3.8) is 0 Å². The van der Waals surface area contributed by atoms with E-state index in [9.17, 15) is 9.59 Å². The van der Waals surface area contributed by atoms with Crippen LogP contribution in [0.15, 0.2) is 42.6 Å². The summed E-state index contributed by atoms with van der Waals surface area (Å²) in [5.41, 5.74) is 1.47. The number of fused-ring (bicyclic) bond motifs is 1. The predicted octanol–water partition coefficient (Wildman–Crippen LogP) is 0.962. The van der Waals surface area contributed by atoms with Gasteiger partial charge in [-0.2, -0.15) is 5.10 Å². The summed E-state index contributed by atoms with van der Waals surface area (Å²) in [5.74, 6) is 0.234. The molecular formula is C20H24N4O3. The number of aromatic nitrogens is 2. The Morgan fingerprint density at radius 2 is 1.89 bits per heavy atom. The lowest BCUT2D eigenvalue weighted by atomic mass is 10.1. The van der Waals surface area contributed by atoms with Crippen molar-refractivity contribution in [1.82, 2.24) is 19.6 Å². The third kappa shape index (κ3) is 3.88. The van der Waals surface area contributed by atoms with Crippen molar-refractivity contribution in [1.29, 1.82) is 0 Å². The van der Waals surface area contributed by atoms with Gasteiger partial charge in [-0.1, -0.05) is 18.2 Å². The van der Waals surface area contributed by atoms with Crippen LogP contribution in [0.5, 0.6) is 0 Å². The third-order valence-electron chi connectivity index (χ3n) is 5.29. The number of aryl methyl sites for hydroxylation is 1. The van der Waals surface area contributed by atoms with Crippen LogP contribution in [0.25, 0.3) is 0 Å². The first kappa shape index (κ1) is 17.7. The molecule has 0 bridgehead atoms. The van der Waals surface area contributed by atoms with Crippen LogP contribution in [0, 0.1) is 5.92 Å². The van der Waals surface area contributed by atoms with Crippen LogP contribution in [-0.4, -0.2) is 70.3 Å². The number of carbonyl (C=O) groups excluding carboxylic acids is 2. The molecule has 0 saturated carbocycles. The van der Waals surface area contributed by atoms with E-state index in [1.54, 1.807) is 4.68 Å². The molecule has 0 spiro atoms. The Kier molecular flexibility index (Phi) is 4.94. The van der Waals surface area contributed by atoms with Gasteiger partial charge in [-0.25, -0.2) is 0 Å². The summed E-state index contributed by atoms with van der Waals surface area (Å²) >= 11 is 0. The molecule has 2 atom stereocenters. The molecular weight excluding hydrogens is 344 g/mol.